The Labute approximate surface area is 176 Å². The van der Waals surface area contributed by atoms with Crippen LogP contribution in [-0.4, -0.2) is 43.7 Å². The monoisotopic (exact) mass is 433 g/mol. The molecule has 0 radical (unpaired) electrons. The van der Waals surface area contributed by atoms with Crippen LogP contribution in [0.2, 0.25) is 0 Å². The summed E-state index contributed by atoms with van der Waals surface area (Å²) in [6.07, 6.45) is -1.32. The maximum absolute atomic E-state index is 11.0. The zero-order chi connectivity index (χ0) is 22.4. The Bertz CT molecular complexity index is 951. The van der Waals surface area contributed by atoms with E-state index >= 15 is 0 Å². The van der Waals surface area contributed by atoms with Gasteiger partial charge in [-0.15, -0.1) is 0 Å². The molecule has 0 fully saturated rings. The van der Waals surface area contributed by atoms with Gasteiger partial charge in [-0.25, -0.2) is 0 Å². The minimum atomic E-state index is -0.792. The van der Waals surface area contributed by atoms with Crippen molar-refractivity contribution in [2.24, 2.45) is 0 Å². The number of methoxy groups -OCH3 is 2. The molecule has 2 aromatic rings. The fourth-order valence-electron chi connectivity index (χ4n) is 2.66. The van der Waals surface area contributed by atoms with Crippen LogP contribution in [0.15, 0.2) is 42.5 Å². The number of nitrogens with zero attached hydrogens (tertiary/aromatic N) is 1. The lowest BCUT2D eigenvalue weighted by Crippen LogP contribution is -2.22. The molecule has 2 aromatic carbocycles. The van der Waals surface area contributed by atoms with E-state index in [9.17, 15) is 19.7 Å². The normalized spacial score (nSPS) is 15.5. The Morgan fingerprint density at radius 3 is 1.74 bits per heavy atom. The van der Waals surface area contributed by atoms with Crippen LogP contribution >= 0.6 is 0 Å². The highest BCUT2D eigenvalue weighted by Crippen LogP contribution is 2.38. The molecule has 4 rings (SSSR count). The van der Waals surface area contributed by atoms with Crippen molar-refractivity contribution in [2.45, 2.75) is 25.4 Å². The summed E-state index contributed by atoms with van der Waals surface area (Å²) in [4.78, 5) is 32.0. The lowest BCUT2D eigenvalue weighted by atomic mass is 10.3. The molecule has 0 amide bonds. The molecule has 11 nitrogen and oxygen atoms in total. The number of hydrogen-bond donors (Lipinski definition) is 0. The van der Waals surface area contributed by atoms with Crippen molar-refractivity contribution in [1.29, 1.82) is 0 Å². The summed E-state index contributed by atoms with van der Waals surface area (Å²) in [6.45, 7) is 0. The van der Waals surface area contributed by atoms with E-state index in [0.717, 1.165) is 0 Å². The second-order valence-electron chi connectivity index (χ2n) is 6.23. The predicted octanol–water partition coefficient (Wildman–Crippen LogP) is 2.60. The maximum Gasteiger partial charge on any atom is 0.313 e. The molecule has 0 bridgehead atoms. The first-order valence-electron chi connectivity index (χ1n) is 9.07. The maximum atomic E-state index is 11.0. The topological polar surface area (TPSA) is 133 Å². The minimum absolute atomic E-state index is 0.0705. The number of non-ortho nitro benzene ring substituents is 1. The van der Waals surface area contributed by atoms with E-state index in [1.54, 1.807) is 12.1 Å². The summed E-state index contributed by atoms with van der Waals surface area (Å²) in [5.41, 5.74) is -0.0916. The molecular weight excluding hydrogens is 414 g/mol. The summed E-state index contributed by atoms with van der Waals surface area (Å²) in [5.74, 6) is 1.15. The summed E-state index contributed by atoms with van der Waals surface area (Å²) >= 11 is 0. The molecule has 0 aliphatic carbocycles. The standard InChI is InChI=1S/C10H9NO6.C10H10O4/c1-15-9(12)5-10-16-7-3-2-6(11(13)14)4-8(7)17-10;1-12-9(11)6-10-13-7-4-2-3-5-8(7)14-10/h2-4,10H,5H2,1H3;2-5,10H,6H2,1H3. The molecular formula is C20H19NO10. The van der Waals surface area contributed by atoms with E-state index in [2.05, 4.69) is 9.47 Å². The SMILES string of the molecule is COC(=O)CC1Oc2ccc([N+](=O)[O-])cc2O1.COC(=O)CC1Oc2ccccc2O1. The highest BCUT2D eigenvalue weighted by atomic mass is 16.7. The van der Waals surface area contributed by atoms with Gasteiger partial charge < -0.3 is 28.4 Å². The van der Waals surface area contributed by atoms with Crippen molar-refractivity contribution in [1.82, 2.24) is 0 Å². The molecule has 1 atom stereocenters. The minimum Gasteiger partial charge on any atom is -0.469 e. The van der Waals surface area contributed by atoms with Gasteiger partial charge in [-0.2, -0.15) is 0 Å². The molecule has 164 valence electrons. The van der Waals surface area contributed by atoms with E-state index in [1.165, 1.54) is 32.4 Å². The lowest BCUT2D eigenvalue weighted by Gasteiger charge is -2.07. The van der Waals surface area contributed by atoms with Gasteiger partial charge in [0.2, 0.25) is 0 Å². The van der Waals surface area contributed by atoms with E-state index < -0.39 is 23.5 Å². The van der Waals surface area contributed by atoms with Gasteiger partial charge in [-0.3, -0.25) is 19.7 Å². The molecule has 0 spiro atoms. The number of ether oxygens (including phenoxy) is 6. The van der Waals surface area contributed by atoms with Crippen molar-refractivity contribution >= 4 is 17.6 Å². The molecule has 1 unspecified atom stereocenters. The van der Waals surface area contributed by atoms with Gasteiger partial charge >= 0.3 is 11.9 Å². The van der Waals surface area contributed by atoms with E-state index in [4.69, 9.17) is 18.9 Å². The average molecular weight is 433 g/mol. The van der Waals surface area contributed by atoms with Crippen molar-refractivity contribution in [3.63, 3.8) is 0 Å². The number of hydrogen-bond acceptors (Lipinski definition) is 10. The number of carbonyl (C=O) groups excluding carboxylic acids is 2. The van der Waals surface area contributed by atoms with Crippen LogP contribution in [0.4, 0.5) is 5.69 Å². The summed E-state index contributed by atoms with van der Waals surface area (Å²) in [5, 5.41) is 10.5. The van der Waals surface area contributed by atoms with Crippen LogP contribution in [0.5, 0.6) is 23.0 Å². The quantitative estimate of drug-likeness (QED) is 0.393. The lowest BCUT2D eigenvalue weighted by molar-refractivity contribution is -0.384. The Kier molecular flexibility index (Phi) is 6.75. The van der Waals surface area contributed by atoms with Gasteiger partial charge in [-0.05, 0) is 18.2 Å². The predicted molar refractivity (Wildman–Crippen MR) is 103 cm³/mol. The number of fused-ring (bicyclic) bond motifs is 2. The van der Waals surface area contributed by atoms with Crippen LogP contribution in [0.3, 0.4) is 0 Å². The molecule has 0 N–H and O–H groups in total. The number of benzene rings is 2. The molecule has 2 aliphatic heterocycles. The highest BCUT2D eigenvalue weighted by molar-refractivity contribution is 5.70. The third kappa shape index (κ3) is 5.53. The highest BCUT2D eigenvalue weighted by Gasteiger charge is 2.28. The zero-order valence-electron chi connectivity index (χ0n) is 16.6. The van der Waals surface area contributed by atoms with Crippen molar-refractivity contribution in [3.05, 3.63) is 52.6 Å². The molecule has 2 aliphatic rings. The van der Waals surface area contributed by atoms with Gasteiger partial charge in [0.1, 0.15) is 12.8 Å². The summed E-state index contributed by atoms with van der Waals surface area (Å²) < 4.78 is 30.2. The first kappa shape index (κ1) is 21.7. The summed E-state index contributed by atoms with van der Waals surface area (Å²) in [6, 6.07) is 11.3. The number of nitro groups is 1. The largest absolute Gasteiger partial charge is 0.469 e. The van der Waals surface area contributed by atoms with Crippen molar-refractivity contribution in [3.8, 4) is 23.0 Å². The number of para-hydroxylation sites is 2. The molecule has 0 saturated heterocycles. The average Bonchev–Trinajstić information content (AvgIpc) is 3.35. The zero-order valence-corrected chi connectivity index (χ0v) is 16.6. The molecule has 31 heavy (non-hydrogen) atoms. The van der Waals surface area contributed by atoms with Crippen LogP contribution < -0.4 is 18.9 Å². The van der Waals surface area contributed by atoms with Gasteiger partial charge in [0, 0.05) is 6.07 Å². The third-order valence-electron chi connectivity index (χ3n) is 4.14. The fourth-order valence-corrected chi connectivity index (χ4v) is 2.66. The van der Waals surface area contributed by atoms with Gasteiger partial charge in [-0.1, -0.05) is 12.1 Å². The second kappa shape index (κ2) is 9.65. The third-order valence-corrected chi connectivity index (χ3v) is 4.14. The molecule has 2 heterocycles. The number of rotatable bonds is 5. The van der Waals surface area contributed by atoms with Crippen molar-refractivity contribution in [2.75, 3.05) is 14.2 Å². The van der Waals surface area contributed by atoms with Gasteiger partial charge in [0.05, 0.1) is 25.2 Å². The van der Waals surface area contributed by atoms with Crippen LogP contribution in [-0.2, 0) is 19.1 Å². The van der Waals surface area contributed by atoms with Crippen LogP contribution in [0.1, 0.15) is 12.8 Å². The molecule has 11 heteroatoms. The van der Waals surface area contributed by atoms with Gasteiger partial charge in [0.25, 0.3) is 18.3 Å². The van der Waals surface area contributed by atoms with Crippen LogP contribution in [0.25, 0.3) is 0 Å². The number of nitro benzene ring substituents is 1. The Balaban J connectivity index is 0.000000179. The Hall–Kier alpha value is -4.02. The molecule has 0 saturated carbocycles. The van der Waals surface area contributed by atoms with E-state index in [1.807, 2.05) is 12.1 Å². The van der Waals surface area contributed by atoms with Crippen molar-refractivity contribution < 1.29 is 42.9 Å². The first-order chi connectivity index (χ1) is 14.9. The second-order valence-corrected chi connectivity index (χ2v) is 6.23. The summed E-state index contributed by atoms with van der Waals surface area (Å²) in [7, 11) is 2.60. The van der Waals surface area contributed by atoms with Gasteiger partial charge in [0.15, 0.2) is 23.0 Å². The fraction of sp³-hybridized carbons (Fsp3) is 0.300. The number of carbonyl (C=O) groups is 2. The number of esters is 2. The molecule has 0 aromatic heterocycles. The van der Waals surface area contributed by atoms with Crippen LogP contribution in [0, 0.1) is 10.1 Å². The Morgan fingerprint density at radius 1 is 0.839 bits per heavy atom. The Morgan fingerprint density at radius 2 is 1.29 bits per heavy atom. The van der Waals surface area contributed by atoms with E-state index in [-0.39, 0.29) is 30.2 Å². The smallest absolute Gasteiger partial charge is 0.313 e. The van der Waals surface area contributed by atoms with E-state index in [0.29, 0.717) is 17.2 Å². The first-order valence-corrected chi connectivity index (χ1v) is 9.07.